The maximum Gasteiger partial charge on any atom is 0.332 e. The minimum Gasteiger partial charge on any atom is -0.441 e. The lowest BCUT2D eigenvalue weighted by Crippen LogP contribution is -2.40. The van der Waals surface area contributed by atoms with Crippen LogP contribution in [0.4, 0.5) is 0 Å². The molecule has 2 amide bonds. The summed E-state index contributed by atoms with van der Waals surface area (Å²) in [5, 5.41) is 0. The number of imide groups is 1. The van der Waals surface area contributed by atoms with Crippen molar-refractivity contribution in [3.8, 4) is 0 Å². The number of nitrogens with zero attached hydrogens (tertiary/aromatic N) is 2. The molecule has 0 saturated carbocycles. The largest absolute Gasteiger partial charge is 0.441 e. The highest BCUT2D eigenvalue weighted by Crippen LogP contribution is 2.22. The number of hydrogen-bond donors (Lipinski definition) is 0. The average molecular weight is 456 g/mol. The molecule has 1 saturated heterocycles. The van der Waals surface area contributed by atoms with Gasteiger partial charge in [-0.15, -0.1) is 0 Å². The van der Waals surface area contributed by atoms with Crippen molar-refractivity contribution in [3.63, 3.8) is 0 Å². The molecule has 1 fully saturated rings. The zero-order valence-electron chi connectivity index (χ0n) is 17.0. The van der Waals surface area contributed by atoms with Crippen molar-refractivity contribution in [2.45, 2.75) is 4.90 Å². The SMILES string of the molecule is O=C(C=Cc1ccc(S(=O)(=O)N2CCOCC2)cc1)OCN1C(=O)c2ccccc2C1=O. The quantitative estimate of drug-likeness (QED) is 0.368. The number of morpholine rings is 1. The monoisotopic (exact) mass is 456 g/mol. The van der Waals surface area contributed by atoms with Gasteiger partial charge < -0.3 is 9.47 Å². The van der Waals surface area contributed by atoms with Crippen LogP contribution in [0.25, 0.3) is 6.08 Å². The number of sulfonamides is 1. The highest BCUT2D eigenvalue weighted by Gasteiger charge is 2.35. The van der Waals surface area contributed by atoms with Crippen LogP contribution in [0.2, 0.25) is 0 Å². The molecule has 0 atom stereocenters. The predicted octanol–water partition coefficient (Wildman–Crippen LogP) is 1.52. The second-order valence-electron chi connectivity index (χ2n) is 7.10. The molecule has 0 aliphatic carbocycles. The van der Waals surface area contributed by atoms with Crippen LogP contribution < -0.4 is 0 Å². The van der Waals surface area contributed by atoms with Gasteiger partial charge in [-0.2, -0.15) is 4.31 Å². The molecular formula is C22H20N2O7S. The van der Waals surface area contributed by atoms with Crippen molar-refractivity contribution in [1.82, 2.24) is 9.21 Å². The Bertz CT molecular complexity index is 1150. The average Bonchev–Trinajstić information content (AvgIpc) is 3.07. The van der Waals surface area contributed by atoms with Crippen LogP contribution in [-0.4, -0.2) is 68.4 Å². The topological polar surface area (TPSA) is 110 Å². The number of ether oxygens (including phenoxy) is 2. The third-order valence-corrected chi connectivity index (χ3v) is 7.03. The molecule has 0 aromatic heterocycles. The van der Waals surface area contributed by atoms with E-state index in [-0.39, 0.29) is 16.0 Å². The maximum atomic E-state index is 12.6. The molecule has 2 aliphatic heterocycles. The lowest BCUT2D eigenvalue weighted by atomic mass is 10.1. The zero-order valence-corrected chi connectivity index (χ0v) is 17.8. The van der Waals surface area contributed by atoms with Crippen LogP contribution in [0.15, 0.2) is 59.5 Å². The molecule has 4 rings (SSSR count). The van der Waals surface area contributed by atoms with Gasteiger partial charge in [-0.05, 0) is 35.9 Å². The van der Waals surface area contributed by atoms with Crippen molar-refractivity contribution in [2.24, 2.45) is 0 Å². The van der Waals surface area contributed by atoms with Gasteiger partial charge in [0.25, 0.3) is 11.8 Å². The van der Waals surface area contributed by atoms with Gasteiger partial charge in [-0.3, -0.25) is 9.59 Å². The van der Waals surface area contributed by atoms with Crippen molar-refractivity contribution in [2.75, 3.05) is 33.0 Å². The lowest BCUT2D eigenvalue weighted by Gasteiger charge is -2.26. The smallest absolute Gasteiger partial charge is 0.332 e. The van der Waals surface area contributed by atoms with E-state index < -0.39 is 34.5 Å². The number of hydrogen-bond acceptors (Lipinski definition) is 7. The summed E-state index contributed by atoms with van der Waals surface area (Å²) in [7, 11) is -3.59. The van der Waals surface area contributed by atoms with Gasteiger partial charge in [0, 0.05) is 19.2 Å². The van der Waals surface area contributed by atoms with E-state index in [4.69, 9.17) is 9.47 Å². The van der Waals surface area contributed by atoms with Crippen LogP contribution >= 0.6 is 0 Å². The number of carbonyl (C=O) groups is 3. The second-order valence-corrected chi connectivity index (χ2v) is 9.03. The fourth-order valence-electron chi connectivity index (χ4n) is 3.38. The Morgan fingerprint density at radius 2 is 1.56 bits per heavy atom. The molecule has 0 radical (unpaired) electrons. The van der Waals surface area contributed by atoms with Crippen molar-refractivity contribution < 1.29 is 32.3 Å². The van der Waals surface area contributed by atoms with E-state index in [2.05, 4.69) is 0 Å². The number of benzene rings is 2. The molecule has 2 aromatic carbocycles. The summed E-state index contributed by atoms with van der Waals surface area (Å²) < 4.78 is 36.8. The fraction of sp³-hybridized carbons (Fsp3) is 0.227. The Morgan fingerprint density at radius 3 is 2.16 bits per heavy atom. The van der Waals surface area contributed by atoms with Crippen molar-refractivity contribution in [1.29, 1.82) is 0 Å². The Morgan fingerprint density at radius 1 is 0.969 bits per heavy atom. The summed E-state index contributed by atoms with van der Waals surface area (Å²) in [5.41, 5.74) is 1.14. The van der Waals surface area contributed by atoms with E-state index in [1.807, 2.05) is 0 Å². The summed E-state index contributed by atoms with van der Waals surface area (Å²) in [4.78, 5) is 37.6. The summed E-state index contributed by atoms with van der Waals surface area (Å²) in [5.74, 6) is -1.77. The number of esters is 1. The molecule has 0 bridgehead atoms. The molecular weight excluding hydrogens is 436 g/mol. The van der Waals surface area contributed by atoms with Crippen LogP contribution in [0.1, 0.15) is 26.3 Å². The first-order valence-electron chi connectivity index (χ1n) is 9.86. The van der Waals surface area contributed by atoms with Gasteiger partial charge in [0.1, 0.15) is 0 Å². The predicted molar refractivity (Wildman–Crippen MR) is 113 cm³/mol. The Labute approximate surface area is 184 Å². The van der Waals surface area contributed by atoms with Crippen LogP contribution in [0, 0.1) is 0 Å². The van der Waals surface area contributed by atoms with E-state index in [1.165, 1.54) is 22.5 Å². The zero-order chi connectivity index (χ0) is 22.7. The molecule has 2 heterocycles. The van der Waals surface area contributed by atoms with Gasteiger partial charge in [0.15, 0.2) is 6.73 Å². The molecule has 2 aliphatic rings. The summed E-state index contributed by atoms with van der Waals surface area (Å²) in [6, 6.07) is 12.5. The van der Waals surface area contributed by atoms with Gasteiger partial charge in [0.05, 0.1) is 29.2 Å². The molecule has 2 aromatic rings. The summed E-state index contributed by atoms with van der Waals surface area (Å²) in [6.07, 6.45) is 2.60. The highest BCUT2D eigenvalue weighted by molar-refractivity contribution is 7.89. The molecule has 0 spiro atoms. The normalized spacial score (nSPS) is 17.1. The Hall–Kier alpha value is -3.34. The summed E-state index contributed by atoms with van der Waals surface area (Å²) in [6.45, 7) is 0.851. The molecule has 32 heavy (non-hydrogen) atoms. The van der Waals surface area contributed by atoms with Gasteiger partial charge in [-0.25, -0.2) is 18.1 Å². The van der Waals surface area contributed by atoms with Crippen LogP contribution in [0.5, 0.6) is 0 Å². The highest BCUT2D eigenvalue weighted by atomic mass is 32.2. The standard InChI is InChI=1S/C22H20N2O7S/c25-20(31-15-24-21(26)18-3-1-2-4-19(18)22(24)27)10-7-16-5-8-17(9-6-16)32(28,29)23-11-13-30-14-12-23/h1-10H,11-15H2. The lowest BCUT2D eigenvalue weighted by molar-refractivity contribution is -0.140. The van der Waals surface area contributed by atoms with Gasteiger partial charge in [0.2, 0.25) is 10.0 Å². The number of fused-ring (bicyclic) bond motifs is 1. The van der Waals surface area contributed by atoms with Gasteiger partial charge >= 0.3 is 5.97 Å². The third kappa shape index (κ3) is 4.33. The maximum absolute atomic E-state index is 12.6. The minimum absolute atomic E-state index is 0.157. The number of carbonyl (C=O) groups excluding carboxylic acids is 3. The fourth-order valence-corrected chi connectivity index (χ4v) is 4.79. The van der Waals surface area contributed by atoms with E-state index in [1.54, 1.807) is 36.4 Å². The van der Waals surface area contributed by atoms with Crippen molar-refractivity contribution >= 4 is 33.9 Å². The second kappa shape index (κ2) is 9.03. The van der Waals surface area contributed by atoms with E-state index in [9.17, 15) is 22.8 Å². The number of rotatable bonds is 6. The Balaban J connectivity index is 1.34. The first-order chi connectivity index (χ1) is 15.4. The minimum atomic E-state index is -3.59. The molecule has 0 unspecified atom stereocenters. The van der Waals surface area contributed by atoms with Gasteiger partial charge in [-0.1, -0.05) is 24.3 Å². The third-order valence-electron chi connectivity index (χ3n) is 5.11. The summed E-state index contributed by atoms with van der Waals surface area (Å²) >= 11 is 0. The molecule has 166 valence electrons. The van der Waals surface area contributed by atoms with E-state index in [0.717, 1.165) is 11.0 Å². The van der Waals surface area contributed by atoms with E-state index in [0.29, 0.717) is 31.9 Å². The van der Waals surface area contributed by atoms with Crippen LogP contribution in [0.3, 0.4) is 0 Å². The molecule has 9 nitrogen and oxygen atoms in total. The molecule has 10 heteroatoms. The van der Waals surface area contributed by atoms with E-state index >= 15 is 0 Å². The van der Waals surface area contributed by atoms with Crippen molar-refractivity contribution in [3.05, 3.63) is 71.3 Å². The van der Waals surface area contributed by atoms with Crippen LogP contribution in [-0.2, 0) is 24.3 Å². The molecule has 0 N–H and O–H groups in total. The Kier molecular flexibility index (Phi) is 6.17. The number of amides is 2. The first-order valence-corrected chi connectivity index (χ1v) is 11.3. The first kappa shape index (κ1) is 21.9.